The fourth-order valence-electron chi connectivity index (χ4n) is 3.35. The number of H-pyrrole nitrogens is 1. The molecule has 2 heterocycles. The third kappa shape index (κ3) is 4.17. The van der Waals surface area contributed by atoms with E-state index in [4.69, 9.17) is 22.4 Å². The highest BCUT2D eigenvalue weighted by Crippen LogP contribution is 2.33. The molecule has 2 aromatic heterocycles. The van der Waals surface area contributed by atoms with Crippen molar-refractivity contribution in [3.05, 3.63) is 65.6 Å². The first kappa shape index (κ1) is 22.5. The third-order valence-electron chi connectivity index (χ3n) is 4.91. The number of methoxy groups -OCH3 is 1. The van der Waals surface area contributed by atoms with E-state index in [0.29, 0.717) is 11.4 Å². The molecular formula is C22H18N6O5S. The Morgan fingerprint density at radius 2 is 1.79 bits per heavy atom. The molecule has 0 aliphatic carbocycles. The van der Waals surface area contributed by atoms with Gasteiger partial charge in [0.05, 0.1) is 29.1 Å². The van der Waals surface area contributed by atoms with E-state index in [2.05, 4.69) is 20.5 Å². The van der Waals surface area contributed by atoms with Gasteiger partial charge in [0.1, 0.15) is 11.2 Å². The minimum atomic E-state index is -0.776. The zero-order valence-corrected chi connectivity index (χ0v) is 18.4. The summed E-state index contributed by atoms with van der Waals surface area (Å²) in [5.74, 6) is -1.41. The molecule has 0 unspecified atom stereocenters. The number of carbonyl (C=O) groups excluding carboxylic acids is 1. The van der Waals surface area contributed by atoms with Crippen LogP contribution in [0.4, 0.5) is 5.69 Å². The number of hydrogen-bond acceptors (Lipinski definition) is 7. The summed E-state index contributed by atoms with van der Waals surface area (Å²) in [6, 6.07) is 14.2. The second-order valence-electron chi connectivity index (χ2n) is 6.98. The number of aromatic amines is 1. The van der Waals surface area contributed by atoms with Gasteiger partial charge < -0.3 is 25.4 Å². The number of anilines is 1. The van der Waals surface area contributed by atoms with Gasteiger partial charge in [0, 0.05) is 11.8 Å². The molecule has 0 bridgehead atoms. The van der Waals surface area contributed by atoms with Crippen molar-refractivity contribution >= 4 is 39.7 Å². The van der Waals surface area contributed by atoms with E-state index in [1.54, 1.807) is 43.5 Å². The van der Waals surface area contributed by atoms with Crippen LogP contribution in [0, 0.1) is 5.41 Å². The molecule has 0 radical (unpaired) electrons. The Labute approximate surface area is 197 Å². The van der Waals surface area contributed by atoms with Gasteiger partial charge in [0.2, 0.25) is 11.0 Å². The molecule has 6 N–H and O–H groups in total. The Balaban J connectivity index is 1.65. The fourth-order valence-corrected chi connectivity index (χ4v) is 3.51. The first-order valence-electron chi connectivity index (χ1n) is 9.74. The topological polar surface area (TPSA) is 168 Å². The lowest BCUT2D eigenvalue weighted by atomic mass is 10.1. The van der Waals surface area contributed by atoms with Crippen LogP contribution >= 0.6 is 12.2 Å². The van der Waals surface area contributed by atoms with Crippen LogP contribution in [-0.4, -0.2) is 43.0 Å². The minimum Gasteiger partial charge on any atom is -0.497 e. The van der Waals surface area contributed by atoms with Gasteiger partial charge in [-0.15, -0.1) is 10.2 Å². The van der Waals surface area contributed by atoms with E-state index in [-0.39, 0.29) is 32.6 Å². The van der Waals surface area contributed by atoms with E-state index in [1.165, 1.54) is 12.1 Å². The monoisotopic (exact) mass is 478 g/mol. The predicted molar refractivity (Wildman–Crippen MR) is 127 cm³/mol. The van der Waals surface area contributed by atoms with E-state index in [9.17, 15) is 20.1 Å². The lowest BCUT2D eigenvalue weighted by Crippen LogP contribution is -2.20. The number of amides is 1. The Morgan fingerprint density at radius 3 is 2.50 bits per heavy atom. The van der Waals surface area contributed by atoms with E-state index >= 15 is 0 Å². The highest BCUT2D eigenvalue weighted by molar-refractivity contribution is 7.80. The third-order valence-corrected chi connectivity index (χ3v) is 5.09. The van der Waals surface area contributed by atoms with Crippen LogP contribution in [0.25, 0.3) is 16.5 Å². The first-order chi connectivity index (χ1) is 16.3. The summed E-state index contributed by atoms with van der Waals surface area (Å²) in [4.78, 5) is 15.1. The number of benzene rings is 2. The molecular weight excluding hydrogens is 460 g/mol. The maximum absolute atomic E-state index is 12.8. The smallest absolute Gasteiger partial charge is 0.297 e. The molecule has 1 amide bonds. The Morgan fingerprint density at radius 1 is 1.09 bits per heavy atom. The summed E-state index contributed by atoms with van der Waals surface area (Å²) in [6.45, 7) is 0. The van der Waals surface area contributed by atoms with Gasteiger partial charge in [0.15, 0.2) is 11.8 Å². The molecule has 0 saturated heterocycles. The van der Waals surface area contributed by atoms with Gasteiger partial charge in [-0.2, -0.15) is 0 Å². The lowest BCUT2D eigenvalue weighted by Gasteiger charge is -2.13. The molecule has 0 saturated carbocycles. The molecule has 0 spiro atoms. The van der Waals surface area contributed by atoms with Crippen molar-refractivity contribution in [3.8, 4) is 29.1 Å². The first-order valence-corrected chi connectivity index (χ1v) is 10.1. The number of para-hydroxylation sites is 1. The highest BCUT2D eigenvalue weighted by atomic mass is 32.1. The summed E-state index contributed by atoms with van der Waals surface area (Å²) in [7, 11) is 1.55. The van der Waals surface area contributed by atoms with Crippen molar-refractivity contribution in [2.75, 3.05) is 12.4 Å². The van der Waals surface area contributed by atoms with Crippen LogP contribution in [0.1, 0.15) is 10.4 Å². The van der Waals surface area contributed by atoms with Crippen LogP contribution in [0.3, 0.4) is 0 Å². The Hall–Kier alpha value is -4.71. The molecule has 0 atom stereocenters. The molecule has 34 heavy (non-hydrogen) atoms. The number of nitrogens with one attached hydrogen (secondary N) is 3. The number of hydrogen-bond donors (Lipinski definition) is 6. The number of carbonyl (C=O) groups is 1. The molecule has 0 aliphatic rings. The molecule has 0 fully saturated rings. The standard InChI is InChI=1S/C22H18N6O5S/c1-33-12-8-6-11(7-9-12)24-22(34)27-26-20(31)13-4-2-3-5-15(13)28-16(29)10-14-17(18(28)23)21(32)25-19(14)30/h2-10,23,25,29-30,32H,1H3,(H,24,34). The number of azo groups is 1. The fraction of sp³-hybridized carbons (Fsp3) is 0.0455. The number of aromatic nitrogens is 2. The largest absolute Gasteiger partial charge is 0.497 e. The number of nitrogens with zero attached hydrogens (tertiary/aromatic N) is 3. The maximum Gasteiger partial charge on any atom is 0.297 e. The molecule has 172 valence electrons. The molecule has 2 aromatic carbocycles. The van der Waals surface area contributed by atoms with Gasteiger partial charge >= 0.3 is 0 Å². The predicted octanol–water partition coefficient (Wildman–Crippen LogP) is 3.55. The van der Waals surface area contributed by atoms with Crippen molar-refractivity contribution in [1.82, 2.24) is 9.55 Å². The highest BCUT2D eigenvalue weighted by Gasteiger charge is 2.20. The second kappa shape index (κ2) is 9.03. The van der Waals surface area contributed by atoms with Gasteiger partial charge in [0.25, 0.3) is 5.91 Å². The Kier molecular flexibility index (Phi) is 5.97. The summed E-state index contributed by atoms with van der Waals surface area (Å²) >= 11 is 5.12. The van der Waals surface area contributed by atoms with E-state index in [0.717, 1.165) is 10.6 Å². The van der Waals surface area contributed by atoms with Crippen LogP contribution in [0.2, 0.25) is 0 Å². The van der Waals surface area contributed by atoms with Crippen molar-refractivity contribution in [2.24, 2.45) is 10.2 Å². The zero-order chi connectivity index (χ0) is 24.4. The van der Waals surface area contributed by atoms with Gasteiger partial charge in [-0.05, 0) is 48.6 Å². The Bertz CT molecular complexity index is 1510. The summed E-state index contributed by atoms with van der Waals surface area (Å²) in [5, 5.41) is 49.1. The SMILES string of the molecule is COc1ccc(NC(=S)N=NC(=O)c2ccccc2-n2c(O)cc3c(O)[nH]c(O)c3c2=N)cc1. The molecule has 11 nitrogen and oxygen atoms in total. The normalized spacial score (nSPS) is 11.1. The van der Waals surface area contributed by atoms with Crippen LogP contribution < -0.4 is 15.5 Å². The lowest BCUT2D eigenvalue weighted by molar-refractivity contribution is 0.0995. The maximum atomic E-state index is 12.8. The summed E-state index contributed by atoms with van der Waals surface area (Å²) in [5.41, 5.74) is 0.397. The molecule has 12 heteroatoms. The zero-order valence-electron chi connectivity index (χ0n) is 17.6. The number of aromatic hydroxyl groups is 3. The van der Waals surface area contributed by atoms with Crippen molar-refractivity contribution in [2.45, 2.75) is 0 Å². The van der Waals surface area contributed by atoms with Crippen LogP contribution in [-0.2, 0) is 0 Å². The summed E-state index contributed by atoms with van der Waals surface area (Å²) in [6.07, 6.45) is 0. The minimum absolute atomic E-state index is 0.0193. The quantitative estimate of drug-likeness (QED) is 0.192. The van der Waals surface area contributed by atoms with Gasteiger partial charge in [-0.25, -0.2) is 0 Å². The number of pyridine rings is 1. The van der Waals surface area contributed by atoms with Crippen LogP contribution in [0.5, 0.6) is 23.4 Å². The van der Waals surface area contributed by atoms with Gasteiger partial charge in [-0.3, -0.25) is 19.8 Å². The van der Waals surface area contributed by atoms with Crippen molar-refractivity contribution < 1.29 is 24.9 Å². The van der Waals surface area contributed by atoms with E-state index in [1.807, 2.05) is 0 Å². The van der Waals surface area contributed by atoms with E-state index < -0.39 is 23.5 Å². The summed E-state index contributed by atoms with van der Waals surface area (Å²) < 4.78 is 6.12. The van der Waals surface area contributed by atoms with Crippen molar-refractivity contribution in [1.29, 1.82) is 5.41 Å². The second-order valence-corrected chi connectivity index (χ2v) is 7.37. The molecule has 4 rings (SSSR count). The average molecular weight is 478 g/mol. The average Bonchev–Trinajstić information content (AvgIpc) is 3.11. The van der Waals surface area contributed by atoms with Gasteiger partial charge in [-0.1, -0.05) is 12.1 Å². The van der Waals surface area contributed by atoms with Crippen molar-refractivity contribution in [3.63, 3.8) is 0 Å². The van der Waals surface area contributed by atoms with Crippen LogP contribution in [0.15, 0.2) is 64.8 Å². The molecule has 4 aromatic rings. The number of ether oxygens (including phenoxy) is 1. The molecule has 0 aliphatic heterocycles. The number of thiocarbonyl (C=S) groups is 1. The number of rotatable bonds is 4. The number of fused-ring (bicyclic) bond motifs is 1.